The summed E-state index contributed by atoms with van der Waals surface area (Å²) in [5.74, 6) is -0.236. The van der Waals surface area contributed by atoms with E-state index in [4.69, 9.17) is 9.47 Å². The fourth-order valence-corrected chi connectivity index (χ4v) is 2.37. The Morgan fingerprint density at radius 2 is 2.00 bits per heavy atom. The van der Waals surface area contributed by atoms with E-state index in [1.807, 2.05) is 20.8 Å². The minimum absolute atomic E-state index is 0.142. The molecule has 0 aromatic carbocycles. The Hall–Kier alpha value is -0.610. The zero-order valence-corrected chi connectivity index (χ0v) is 11.1. The van der Waals surface area contributed by atoms with Crippen LogP contribution in [-0.4, -0.2) is 36.4 Å². The van der Waals surface area contributed by atoms with Gasteiger partial charge in [-0.15, -0.1) is 0 Å². The molecule has 0 radical (unpaired) electrons. The van der Waals surface area contributed by atoms with Gasteiger partial charge in [-0.05, 0) is 41.0 Å². The first-order chi connectivity index (χ1) is 7.18. The number of hydrogen-bond acceptors (Lipinski definition) is 4. The Labute approximate surface area is 97.7 Å². The largest absolute Gasteiger partial charge is 0.468 e. The minimum atomic E-state index is -0.299. The van der Waals surface area contributed by atoms with E-state index in [9.17, 15) is 4.79 Å². The number of nitrogens with one attached hydrogen (secondary N) is 1. The number of ether oxygens (including phenoxy) is 2. The van der Waals surface area contributed by atoms with E-state index < -0.39 is 0 Å². The van der Waals surface area contributed by atoms with Crippen LogP contribution in [0.2, 0.25) is 0 Å². The molecule has 1 fully saturated rings. The molecule has 2 atom stereocenters. The van der Waals surface area contributed by atoms with E-state index in [2.05, 4.69) is 19.2 Å². The van der Waals surface area contributed by atoms with E-state index in [1.165, 1.54) is 7.11 Å². The molecule has 16 heavy (non-hydrogen) atoms. The maximum absolute atomic E-state index is 11.3. The maximum Gasteiger partial charge on any atom is 0.322 e. The minimum Gasteiger partial charge on any atom is -0.468 e. The lowest BCUT2D eigenvalue weighted by Crippen LogP contribution is -2.49. The fourth-order valence-electron chi connectivity index (χ4n) is 2.37. The molecule has 2 unspecified atom stereocenters. The Morgan fingerprint density at radius 3 is 2.38 bits per heavy atom. The Morgan fingerprint density at radius 1 is 1.44 bits per heavy atom. The van der Waals surface area contributed by atoms with E-state index >= 15 is 0 Å². The standard InChI is InChI=1S/C12H23NO3/c1-8(10(14)15-6)13-9-7-11(2,3)16-12(9,4)5/h8-9,13H,7H2,1-6H3. The molecule has 0 aliphatic carbocycles. The van der Waals surface area contributed by atoms with E-state index in [0.717, 1.165) is 6.42 Å². The Kier molecular flexibility index (Phi) is 3.65. The van der Waals surface area contributed by atoms with Gasteiger partial charge in [0.1, 0.15) is 6.04 Å². The molecule has 0 saturated carbocycles. The third kappa shape index (κ3) is 2.95. The van der Waals surface area contributed by atoms with Gasteiger partial charge in [-0.2, -0.15) is 0 Å². The summed E-state index contributed by atoms with van der Waals surface area (Å²) in [5.41, 5.74) is -0.400. The van der Waals surface area contributed by atoms with Crippen molar-refractivity contribution in [3.63, 3.8) is 0 Å². The van der Waals surface area contributed by atoms with Gasteiger partial charge in [0, 0.05) is 6.04 Å². The van der Waals surface area contributed by atoms with E-state index in [1.54, 1.807) is 0 Å². The molecule has 0 spiro atoms. The van der Waals surface area contributed by atoms with Gasteiger partial charge in [-0.3, -0.25) is 10.1 Å². The number of carbonyl (C=O) groups excluding carboxylic acids is 1. The maximum atomic E-state index is 11.3. The van der Waals surface area contributed by atoms with Gasteiger partial charge in [-0.1, -0.05) is 0 Å². The van der Waals surface area contributed by atoms with Crippen molar-refractivity contribution in [3.8, 4) is 0 Å². The molecule has 0 bridgehead atoms. The predicted octanol–water partition coefficient (Wildman–Crippen LogP) is 1.48. The molecule has 4 nitrogen and oxygen atoms in total. The smallest absolute Gasteiger partial charge is 0.322 e. The summed E-state index contributed by atoms with van der Waals surface area (Å²) in [6.45, 7) is 10.0. The summed E-state index contributed by atoms with van der Waals surface area (Å²) < 4.78 is 10.6. The molecule has 0 aromatic rings. The Balaban J connectivity index is 2.64. The van der Waals surface area contributed by atoms with Crippen LogP contribution in [0.15, 0.2) is 0 Å². The molecular formula is C12H23NO3. The number of hydrogen-bond donors (Lipinski definition) is 1. The molecule has 1 saturated heterocycles. The van der Waals surface area contributed by atoms with Crippen molar-refractivity contribution in [1.29, 1.82) is 0 Å². The monoisotopic (exact) mass is 229 g/mol. The third-order valence-corrected chi connectivity index (χ3v) is 3.08. The van der Waals surface area contributed by atoms with Gasteiger partial charge in [0.15, 0.2) is 0 Å². The SMILES string of the molecule is COC(=O)C(C)NC1CC(C)(C)OC1(C)C. The average Bonchev–Trinajstić information content (AvgIpc) is 2.32. The van der Waals surface area contributed by atoms with Crippen LogP contribution in [0.1, 0.15) is 41.0 Å². The zero-order valence-electron chi connectivity index (χ0n) is 11.1. The lowest BCUT2D eigenvalue weighted by atomic mass is 9.94. The molecule has 0 aromatic heterocycles. The van der Waals surface area contributed by atoms with E-state index in [0.29, 0.717) is 0 Å². The van der Waals surface area contributed by atoms with Gasteiger partial charge in [0.25, 0.3) is 0 Å². The highest BCUT2D eigenvalue weighted by atomic mass is 16.5. The fraction of sp³-hybridized carbons (Fsp3) is 0.917. The topological polar surface area (TPSA) is 47.6 Å². The van der Waals surface area contributed by atoms with Crippen LogP contribution in [0.3, 0.4) is 0 Å². The van der Waals surface area contributed by atoms with Crippen LogP contribution < -0.4 is 5.32 Å². The molecule has 1 N–H and O–H groups in total. The highest BCUT2D eigenvalue weighted by molar-refractivity contribution is 5.75. The summed E-state index contributed by atoms with van der Waals surface area (Å²) in [7, 11) is 1.40. The second-order valence-corrected chi connectivity index (χ2v) is 5.63. The number of methoxy groups -OCH3 is 1. The van der Waals surface area contributed by atoms with Crippen LogP contribution >= 0.6 is 0 Å². The summed E-state index contributed by atoms with van der Waals surface area (Å²) in [6.07, 6.45) is 0.890. The van der Waals surface area contributed by atoms with Crippen LogP contribution in [0.25, 0.3) is 0 Å². The second-order valence-electron chi connectivity index (χ2n) is 5.63. The highest BCUT2D eigenvalue weighted by Gasteiger charge is 2.46. The predicted molar refractivity (Wildman–Crippen MR) is 62.3 cm³/mol. The van der Waals surface area contributed by atoms with Crippen molar-refractivity contribution in [1.82, 2.24) is 5.32 Å². The molecule has 4 heteroatoms. The lowest BCUT2D eigenvalue weighted by Gasteiger charge is -2.29. The van der Waals surface area contributed by atoms with Crippen molar-refractivity contribution in [2.45, 2.75) is 64.3 Å². The first-order valence-electron chi connectivity index (χ1n) is 5.72. The van der Waals surface area contributed by atoms with Crippen molar-refractivity contribution in [2.75, 3.05) is 7.11 Å². The third-order valence-electron chi connectivity index (χ3n) is 3.08. The van der Waals surface area contributed by atoms with Crippen molar-refractivity contribution in [2.24, 2.45) is 0 Å². The summed E-state index contributed by atoms with van der Waals surface area (Å²) >= 11 is 0. The first kappa shape index (κ1) is 13.5. The van der Waals surface area contributed by atoms with Gasteiger partial charge >= 0.3 is 5.97 Å². The number of esters is 1. The second kappa shape index (κ2) is 4.34. The average molecular weight is 229 g/mol. The van der Waals surface area contributed by atoms with Crippen molar-refractivity contribution in [3.05, 3.63) is 0 Å². The summed E-state index contributed by atoms with van der Waals surface area (Å²) in [4.78, 5) is 11.3. The quantitative estimate of drug-likeness (QED) is 0.745. The molecule has 1 heterocycles. The van der Waals surface area contributed by atoms with Gasteiger partial charge in [-0.25, -0.2) is 0 Å². The van der Waals surface area contributed by atoms with E-state index in [-0.39, 0.29) is 29.3 Å². The normalized spacial score (nSPS) is 28.8. The van der Waals surface area contributed by atoms with Crippen LogP contribution in [0, 0.1) is 0 Å². The van der Waals surface area contributed by atoms with Crippen molar-refractivity contribution >= 4 is 5.97 Å². The lowest BCUT2D eigenvalue weighted by molar-refractivity contribution is -0.143. The Bertz CT molecular complexity index is 273. The molecule has 1 rings (SSSR count). The molecular weight excluding hydrogens is 206 g/mol. The number of carbonyl (C=O) groups is 1. The molecule has 1 aliphatic rings. The van der Waals surface area contributed by atoms with Crippen LogP contribution in [0.4, 0.5) is 0 Å². The molecule has 0 amide bonds. The summed E-state index contributed by atoms with van der Waals surface area (Å²) in [6, 6.07) is -0.136. The van der Waals surface area contributed by atoms with Crippen LogP contribution in [-0.2, 0) is 14.3 Å². The van der Waals surface area contributed by atoms with Crippen molar-refractivity contribution < 1.29 is 14.3 Å². The zero-order chi connectivity index (χ0) is 12.6. The molecule has 94 valence electrons. The van der Waals surface area contributed by atoms with Gasteiger partial charge in [0.2, 0.25) is 0 Å². The first-order valence-corrected chi connectivity index (χ1v) is 5.72. The van der Waals surface area contributed by atoms with Crippen LogP contribution in [0.5, 0.6) is 0 Å². The summed E-state index contributed by atoms with van der Waals surface area (Å²) in [5, 5.41) is 3.28. The molecule has 1 aliphatic heterocycles. The van der Waals surface area contributed by atoms with Gasteiger partial charge < -0.3 is 9.47 Å². The van der Waals surface area contributed by atoms with Gasteiger partial charge in [0.05, 0.1) is 18.3 Å². The number of rotatable bonds is 3. The highest BCUT2D eigenvalue weighted by Crippen LogP contribution is 2.37.